The lowest BCUT2D eigenvalue weighted by atomic mass is 10.0. The Balaban J connectivity index is 1.39. The van der Waals surface area contributed by atoms with E-state index in [4.69, 9.17) is 4.74 Å². The molecule has 3 aliphatic heterocycles. The Morgan fingerprint density at radius 2 is 1.70 bits per heavy atom. The van der Waals surface area contributed by atoms with Crippen LogP contribution in [0.2, 0.25) is 0 Å². The Kier molecular flexibility index (Phi) is 5.85. The van der Waals surface area contributed by atoms with Crippen molar-refractivity contribution in [1.29, 1.82) is 0 Å². The average Bonchev–Trinajstić information content (AvgIpc) is 2.97. The summed E-state index contributed by atoms with van der Waals surface area (Å²) >= 11 is 0. The van der Waals surface area contributed by atoms with E-state index in [2.05, 4.69) is 10.6 Å². The number of carbonyl (C=O) groups excluding carboxylic acids is 5. The molecule has 0 aliphatic carbocycles. The SMILES string of the molecule is CC(C)(C)OC(=O)N1CCC(Nc2ccc3c(c2)C(=O)N(C2CCC(=O)NC2=O)C3=O)CC1. The van der Waals surface area contributed by atoms with Crippen molar-refractivity contribution in [2.24, 2.45) is 0 Å². The van der Waals surface area contributed by atoms with E-state index < -0.39 is 35.3 Å². The largest absolute Gasteiger partial charge is 0.444 e. The highest BCUT2D eigenvalue weighted by Crippen LogP contribution is 2.30. The summed E-state index contributed by atoms with van der Waals surface area (Å²) in [4.78, 5) is 64.2. The van der Waals surface area contributed by atoms with Crippen molar-refractivity contribution >= 4 is 35.4 Å². The monoisotopic (exact) mass is 456 g/mol. The van der Waals surface area contributed by atoms with Crippen LogP contribution in [0.3, 0.4) is 0 Å². The van der Waals surface area contributed by atoms with Gasteiger partial charge in [-0.15, -0.1) is 0 Å². The number of anilines is 1. The van der Waals surface area contributed by atoms with E-state index in [1.807, 2.05) is 20.8 Å². The summed E-state index contributed by atoms with van der Waals surface area (Å²) in [5.41, 5.74) is 0.633. The Bertz CT molecular complexity index is 1020. The maximum atomic E-state index is 13.0. The van der Waals surface area contributed by atoms with Crippen LogP contribution in [0.15, 0.2) is 18.2 Å². The minimum Gasteiger partial charge on any atom is -0.444 e. The molecule has 1 aromatic rings. The van der Waals surface area contributed by atoms with Crippen molar-refractivity contribution in [2.45, 2.75) is 64.1 Å². The standard InChI is InChI=1S/C23H28N4O6/c1-23(2,3)33-22(32)26-10-8-13(9-11-26)24-14-4-5-15-16(12-14)21(31)27(20(15)30)17-6-7-18(28)25-19(17)29/h4-5,12-13,17,24H,6-11H2,1-3H3,(H,25,28,29). The molecule has 10 heteroatoms. The Morgan fingerprint density at radius 1 is 1.03 bits per heavy atom. The van der Waals surface area contributed by atoms with Gasteiger partial charge in [0.05, 0.1) is 11.1 Å². The molecule has 5 amide bonds. The summed E-state index contributed by atoms with van der Waals surface area (Å²) in [6, 6.07) is 4.06. The molecule has 3 heterocycles. The molecule has 3 aliphatic rings. The molecule has 176 valence electrons. The maximum Gasteiger partial charge on any atom is 0.410 e. The van der Waals surface area contributed by atoms with Gasteiger partial charge >= 0.3 is 6.09 Å². The van der Waals surface area contributed by atoms with E-state index in [0.29, 0.717) is 31.6 Å². The molecule has 0 aromatic heterocycles. The summed E-state index contributed by atoms with van der Waals surface area (Å²) in [7, 11) is 0. The molecular formula is C23H28N4O6. The van der Waals surface area contributed by atoms with Gasteiger partial charge in [-0.25, -0.2) is 4.79 Å². The van der Waals surface area contributed by atoms with Gasteiger partial charge in [0.25, 0.3) is 11.8 Å². The number of hydrogen-bond donors (Lipinski definition) is 2. The first-order chi connectivity index (χ1) is 15.5. The van der Waals surface area contributed by atoms with Gasteiger partial charge < -0.3 is 15.0 Å². The van der Waals surface area contributed by atoms with Gasteiger partial charge in [-0.05, 0) is 58.2 Å². The van der Waals surface area contributed by atoms with Crippen molar-refractivity contribution in [2.75, 3.05) is 18.4 Å². The fourth-order valence-electron chi connectivity index (χ4n) is 4.33. The highest BCUT2D eigenvalue weighted by atomic mass is 16.6. The first-order valence-corrected chi connectivity index (χ1v) is 11.1. The summed E-state index contributed by atoms with van der Waals surface area (Å²) < 4.78 is 5.42. The molecule has 0 saturated carbocycles. The molecule has 1 unspecified atom stereocenters. The fraction of sp³-hybridized carbons (Fsp3) is 0.522. The summed E-state index contributed by atoms with van der Waals surface area (Å²) in [6.07, 6.45) is 1.31. The first-order valence-electron chi connectivity index (χ1n) is 11.1. The third-order valence-corrected chi connectivity index (χ3v) is 5.96. The number of ether oxygens (including phenoxy) is 1. The lowest BCUT2D eigenvalue weighted by molar-refractivity contribution is -0.136. The zero-order valence-electron chi connectivity index (χ0n) is 19.0. The molecule has 2 N–H and O–H groups in total. The van der Waals surface area contributed by atoms with E-state index in [0.717, 1.165) is 4.90 Å². The molecule has 0 bridgehead atoms. The quantitative estimate of drug-likeness (QED) is 0.666. The van der Waals surface area contributed by atoms with Gasteiger partial charge in [-0.1, -0.05) is 0 Å². The summed E-state index contributed by atoms with van der Waals surface area (Å²) in [5, 5.41) is 5.57. The number of fused-ring (bicyclic) bond motifs is 1. The van der Waals surface area contributed by atoms with Crippen molar-refractivity contribution in [3.8, 4) is 0 Å². The molecule has 1 atom stereocenters. The van der Waals surface area contributed by atoms with Gasteiger partial charge in [0.2, 0.25) is 11.8 Å². The van der Waals surface area contributed by atoms with Crippen molar-refractivity contribution in [3.05, 3.63) is 29.3 Å². The van der Waals surface area contributed by atoms with Gasteiger partial charge in [-0.2, -0.15) is 0 Å². The van der Waals surface area contributed by atoms with Crippen molar-refractivity contribution < 1.29 is 28.7 Å². The lowest BCUT2D eigenvalue weighted by Crippen LogP contribution is -2.54. The number of hydrogen-bond acceptors (Lipinski definition) is 7. The van der Waals surface area contributed by atoms with Crippen LogP contribution in [0.25, 0.3) is 0 Å². The Hall–Kier alpha value is -3.43. The highest BCUT2D eigenvalue weighted by Gasteiger charge is 2.44. The number of carbonyl (C=O) groups is 5. The third kappa shape index (κ3) is 4.69. The molecule has 33 heavy (non-hydrogen) atoms. The van der Waals surface area contributed by atoms with Crippen LogP contribution in [0, 0.1) is 0 Å². The number of rotatable bonds is 3. The van der Waals surface area contributed by atoms with Crippen LogP contribution >= 0.6 is 0 Å². The zero-order valence-corrected chi connectivity index (χ0v) is 19.0. The number of amides is 5. The number of nitrogens with one attached hydrogen (secondary N) is 2. The highest BCUT2D eigenvalue weighted by molar-refractivity contribution is 6.23. The molecular weight excluding hydrogens is 428 g/mol. The molecule has 0 radical (unpaired) electrons. The number of piperidine rings is 2. The molecule has 0 spiro atoms. The second-order valence-electron chi connectivity index (χ2n) is 9.59. The van der Waals surface area contributed by atoms with E-state index in [9.17, 15) is 24.0 Å². The second kappa shape index (κ2) is 8.49. The van der Waals surface area contributed by atoms with Crippen LogP contribution < -0.4 is 10.6 Å². The van der Waals surface area contributed by atoms with Gasteiger partial charge in [0, 0.05) is 31.2 Å². The van der Waals surface area contributed by atoms with Crippen molar-refractivity contribution in [1.82, 2.24) is 15.1 Å². The van der Waals surface area contributed by atoms with E-state index >= 15 is 0 Å². The predicted molar refractivity (Wildman–Crippen MR) is 118 cm³/mol. The maximum absolute atomic E-state index is 13.0. The Morgan fingerprint density at radius 3 is 2.33 bits per heavy atom. The fourth-order valence-corrected chi connectivity index (χ4v) is 4.33. The van der Waals surface area contributed by atoms with Crippen molar-refractivity contribution in [3.63, 3.8) is 0 Å². The van der Waals surface area contributed by atoms with E-state index in [1.54, 1.807) is 23.1 Å². The van der Waals surface area contributed by atoms with Gasteiger partial charge in [0.1, 0.15) is 11.6 Å². The molecule has 2 saturated heterocycles. The number of benzene rings is 1. The summed E-state index contributed by atoms with van der Waals surface area (Å²) in [5.74, 6) is -2.09. The summed E-state index contributed by atoms with van der Waals surface area (Å²) in [6.45, 7) is 6.61. The van der Waals surface area contributed by atoms with Crippen LogP contribution in [0.5, 0.6) is 0 Å². The van der Waals surface area contributed by atoms with Crippen LogP contribution in [-0.2, 0) is 14.3 Å². The van der Waals surface area contributed by atoms with Crippen LogP contribution in [0.4, 0.5) is 10.5 Å². The molecule has 4 rings (SSSR count). The van der Waals surface area contributed by atoms with Crippen LogP contribution in [0.1, 0.15) is 67.2 Å². The van der Waals surface area contributed by atoms with E-state index in [-0.39, 0.29) is 36.1 Å². The first kappa shape index (κ1) is 22.8. The zero-order chi connectivity index (χ0) is 23.9. The topological polar surface area (TPSA) is 125 Å². The third-order valence-electron chi connectivity index (χ3n) is 5.96. The molecule has 1 aromatic carbocycles. The predicted octanol–water partition coefficient (Wildman–Crippen LogP) is 1.90. The number of imide groups is 2. The Labute approximate surface area is 191 Å². The minimum absolute atomic E-state index is 0.0820. The normalized spacial score (nSPS) is 21.7. The van der Waals surface area contributed by atoms with Gasteiger partial charge in [-0.3, -0.25) is 29.4 Å². The minimum atomic E-state index is -0.983. The molecule has 2 fully saturated rings. The van der Waals surface area contributed by atoms with Crippen LogP contribution in [-0.4, -0.2) is 70.3 Å². The smallest absolute Gasteiger partial charge is 0.410 e. The number of likely N-dealkylation sites (tertiary alicyclic amines) is 1. The lowest BCUT2D eigenvalue weighted by Gasteiger charge is -2.34. The second-order valence-corrected chi connectivity index (χ2v) is 9.59. The average molecular weight is 456 g/mol. The van der Waals surface area contributed by atoms with Gasteiger partial charge in [0.15, 0.2) is 0 Å². The molecule has 10 nitrogen and oxygen atoms in total. The number of nitrogens with zero attached hydrogens (tertiary/aromatic N) is 2. The van der Waals surface area contributed by atoms with E-state index in [1.165, 1.54) is 0 Å².